The fourth-order valence-corrected chi connectivity index (χ4v) is 3.32. The zero-order valence-electron chi connectivity index (χ0n) is 16.9. The van der Waals surface area contributed by atoms with Crippen LogP contribution in [0.3, 0.4) is 0 Å². The molecule has 0 spiro atoms. The van der Waals surface area contributed by atoms with Gasteiger partial charge in [-0.05, 0) is 55.7 Å². The summed E-state index contributed by atoms with van der Waals surface area (Å²) >= 11 is 0. The molecule has 2 amide bonds. The van der Waals surface area contributed by atoms with Crippen molar-refractivity contribution >= 4 is 17.6 Å². The Kier molecular flexibility index (Phi) is 7.19. The van der Waals surface area contributed by atoms with Crippen molar-refractivity contribution in [3.05, 3.63) is 53.7 Å². The number of pyridine rings is 1. The number of aryl methyl sites for hydroxylation is 1. The topological polar surface area (TPSA) is 80.8 Å². The highest BCUT2D eigenvalue weighted by atomic mass is 16.5. The number of benzene rings is 1. The van der Waals surface area contributed by atoms with E-state index in [-0.39, 0.29) is 17.7 Å². The number of piperidine rings is 1. The van der Waals surface area contributed by atoms with E-state index in [2.05, 4.69) is 10.3 Å². The van der Waals surface area contributed by atoms with Gasteiger partial charge in [0, 0.05) is 37.9 Å². The first-order valence-corrected chi connectivity index (χ1v) is 9.81. The lowest BCUT2D eigenvalue weighted by Crippen LogP contribution is -2.41. The molecule has 0 saturated carbocycles. The van der Waals surface area contributed by atoms with Crippen LogP contribution < -0.4 is 10.1 Å². The van der Waals surface area contributed by atoms with Crippen LogP contribution in [0.5, 0.6) is 5.75 Å². The molecule has 1 fully saturated rings. The molecule has 3 rings (SSSR count). The van der Waals surface area contributed by atoms with Crippen LogP contribution in [0.15, 0.2) is 42.6 Å². The van der Waals surface area contributed by atoms with E-state index in [0.717, 1.165) is 5.56 Å². The summed E-state index contributed by atoms with van der Waals surface area (Å²) in [5.74, 6) is 1.02. The van der Waals surface area contributed by atoms with E-state index in [1.54, 1.807) is 30.3 Å². The zero-order valence-corrected chi connectivity index (χ0v) is 16.9. The highest BCUT2D eigenvalue weighted by Crippen LogP contribution is 2.22. The molecular weight excluding hydrogens is 370 g/mol. The smallest absolute Gasteiger partial charge is 0.253 e. The number of carbonyl (C=O) groups is 2. The number of aromatic nitrogens is 1. The van der Waals surface area contributed by atoms with Gasteiger partial charge in [0.25, 0.3) is 5.91 Å². The summed E-state index contributed by atoms with van der Waals surface area (Å²) in [5.41, 5.74) is 1.64. The van der Waals surface area contributed by atoms with Gasteiger partial charge in [0.1, 0.15) is 18.2 Å². The van der Waals surface area contributed by atoms with E-state index in [9.17, 15) is 9.59 Å². The predicted molar refractivity (Wildman–Crippen MR) is 110 cm³/mol. The predicted octanol–water partition coefficient (Wildman–Crippen LogP) is 2.91. The van der Waals surface area contributed by atoms with E-state index in [1.807, 2.05) is 31.2 Å². The Bertz CT molecular complexity index is 847. The van der Waals surface area contributed by atoms with Crippen LogP contribution in [0.4, 0.5) is 5.82 Å². The minimum Gasteiger partial charge on any atom is -0.491 e. The molecule has 0 unspecified atom stereocenters. The van der Waals surface area contributed by atoms with Gasteiger partial charge < -0.3 is 19.7 Å². The monoisotopic (exact) mass is 397 g/mol. The van der Waals surface area contributed by atoms with Crippen LogP contribution >= 0.6 is 0 Å². The Hall–Kier alpha value is -2.93. The number of hydrogen-bond acceptors (Lipinski definition) is 5. The molecule has 154 valence electrons. The normalized spacial score (nSPS) is 14.5. The molecule has 1 saturated heterocycles. The Morgan fingerprint density at radius 1 is 1.17 bits per heavy atom. The van der Waals surface area contributed by atoms with Crippen molar-refractivity contribution in [2.24, 2.45) is 5.92 Å². The highest BCUT2D eigenvalue weighted by Gasteiger charge is 2.28. The second kappa shape index (κ2) is 10.0. The lowest BCUT2D eigenvalue weighted by Gasteiger charge is -2.31. The molecule has 7 heteroatoms. The van der Waals surface area contributed by atoms with E-state index >= 15 is 0 Å². The van der Waals surface area contributed by atoms with Crippen LogP contribution in [-0.4, -0.2) is 55.1 Å². The van der Waals surface area contributed by atoms with Gasteiger partial charge in [0.05, 0.1) is 6.61 Å². The second-order valence-corrected chi connectivity index (χ2v) is 7.14. The second-order valence-electron chi connectivity index (χ2n) is 7.14. The van der Waals surface area contributed by atoms with Crippen molar-refractivity contribution in [2.75, 3.05) is 38.7 Å². The SMILES string of the molecule is COCCOc1cccc(C(=O)N2CCC(C(=O)Nc3cc(C)ccn3)CC2)c1. The van der Waals surface area contributed by atoms with Crippen LogP contribution in [0, 0.1) is 12.8 Å². The lowest BCUT2D eigenvalue weighted by atomic mass is 9.95. The fraction of sp³-hybridized carbons (Fsp3) is 0.409. The summed E-state index contributed by atoms with van der Waals surface area (Å²) in [6, 6.07) is 10.9. The molecule has 0 aliphatic carbocycles. The van der Waals surface area contributed by atoms with Crippen molar-refractivity contribution in [1.29, 1.82) is 0 Å². The van der Waals surface area contributed by atoms with Gasteiger partial charge in [0.2, 0.25) is 5.91 Å². The number of ether oxygens (including phenoxy) is 2. The summed E-state index contributed by atoms with van der Waals surface area (Å²) in [5, 5.41) is 2.88. The van der Waals surface area contributed by atoms with E-state index in [1.165, 1.54) is 0 Å². The average Bonchev–Trinajstić information content (AvgIpc) is 2.74. The number of likely N-dealkylation sites (tertiary alicyclic amines) is 1. The summed E-state index contributed by atoms with van der Waals surface area (Å²) in [4.78, 5) is 31.3. The number of nitrogens with one attached hydrogen (secondary N) is 1. The Labute approximate surface area is 171 Å². The summed E-state index contributed by atoms with van der Waals surface area (Å²) in [6.45, 7) is 3.98. The number of methoxy groups -OCH3 is 1. The minimum absolute atomic E-state index is 0.0382. The van der Waals surface area contributed by atoms with Crippen LogP contribution in [0.1, 0.15) is 28.8 Å². The van der Waals surface area contributed by atoms with Crippen LogP contribution in [0.2, 0.25) is 0 Å². The van der Waals surface area contributed by atoms with Crippen molar-refractivity contribution in [3.8, 4) is 5.75 Å². The van der Waals surface area contributed by atoms with E-state index in [4.69, 9.17) is 9.47 Å². The summed E-state index contributed by atoms with van der Waals surface area (Å²) in [6.07, 6.45) is 2.94. The maximum Gasteiger partial charge on any atom is 0.253 e. The summed E-state index contributed by atoms with van der Waals surface area (Å²) < 4.78 is 10.6. The first kappa shape index (κ1) is 20.8. The van der Waals surface area contributed by atoms with E-state index < -0.39 is 0 Å². The van der Waals surface area contributed by atoms with Crippen molar-refractivity contribution in [2.45, 2.75) is 19.8 Å². The van der Waals surface area contributed by atoms with Gasteiger partial charge in [-0.3, -0.25) is 9.59 Å². The molecule has 2 aromatic rings. The third-order valence-electron chi connectivity index (χ3n) is 4.96. The Morgan fingerprint density at radius 2 is 1.97 bits per heavy atom. The molecule has 2 heterocycles. The van der Waals surface area contributed by atoms with Crippen molar-refractivity contribution < 1.29 is 19.1 Å². The summed E-state index contributed by atoms with van der Waals surface area (Å²) in [7, 11) is 1.62. The first-order chi connectivity index (χ1) is 14.1. The molecule has 29 heavy (non-hydrogen) atoms. The van der Waals surface area contributed by atoms with Crippen molar-refractivity contribution in [1.82, 2.24) is 9.88 Å². The number of anilines is 1. The number of nitrogens with zero attached hydrogens (tertiary/aromatic N) is 2. The largest absolute Gasteiger partial charge is 0.491 e. The average molecular weight is 397 g/mol. The third-order valence-corrected chi connectivity index (χ3v) is 4.96. The molecular formula is C22H27N3O4. The molecule has 0 bridgehead atoms. The molecule has 0 atom stereocenters. The van der Waals surface area contributed by atoms with Crippen molar-refractivity contribution in [3.63, 3.8) is 0 Å². The Balaban J connectivity index is 1.53. The maximum atomic E-state index is 12.8. The molecule has 1 aromatic heterocycles. The third kappa shape index (κ3) is 5.77. The standard InChI is InChI=1S/C22H27N3O4/c1-16-6-9-23-20(14-16)24-21(26)17-7-10-25(11-8-17)22(27)18-4-3-5-19(15-18)29-13-12-28-2/h3-6,9,14-15,17H,7-8,10-13H2,1-2H3,(H,23,24,26). The molecule has 1 N–H and O–H groups in total. The lowest BCUT2D eigenvalue weighted by molar-refractivity contribution is -0.121. The molecule has 1 aromatic carbocycles. The molecule has 1 aliphatic heterocycles. The number of carbonyl (C=O) groups excluding carboxylic acids is 2. The van der Waals surface area contributed by atoms with Gasteiger partial charge in [-0.15, -0.1) is 0 Å². The molecule has 0 radical (unpaired) electrons. The highest BCUT2D eigenvalue weighted by molar-refractivity contribution is 5.95. The minimum atomic E-state index is -0.120. The zero-order chi connectivity index (χ0) is 20.6. The first-order valence-electron chi connectivity index (χ1n) is 9.81. The fourth-order valence-electron chi connectivity index (χ4n) is 3.32. The van der Waals surface area contributed by atoms with E-state index in [0.29, 0.717) is 56.3 Å². The Morgan fingerprint density at radius 3 is 2.69 bits per heavy atom. The van der Waals surface area contributed by atoms with Gasteiger partial charge in [-0.25, -0.2) is 4.98 Å². The van der Waals surface area contributed by atoms with Crippen LogP contribution in [0.25, 0.3) is 0 Å². The van der Waals surface area contributed by atoms with Crippen LogP contribution in [-0.2, 0) is 9.53 Å². The quantitative estimate of drug-likeness (QED) is 0.727. The van der Waals surface area contributed by atoms with Gasteiger partial charge in [0.15, 0.2) is 0 Å². The molecule has 7 nitrogen and oxygen atoms in total. The number of rotatable bonds is 7. The van der Waals surface area contributed by atoms with Gasteiger partial charge >= 0.3 is 0 Å². The van der Waals surface area contributed by atoms with Gasteiger partial charge in [-0.2, -0.15) is 0 Å². The maximum absolute atomic E-state index is 12.8. The molecule has 1 aliphatic rings. The van der Waals surface area contributed by atoms with Gasteiger partial charge in [-0.1, -0.05) is 6.07 Å². The number of amides is 2. The number of hydrogen-bond donors (Lipinski definition) is 1.